The molecule has 1 heterocycles. The molecule has 2 aromatic carbocycles. The number of esters is 1. The molecule has 0 bridgehead atoms. The number of nitrogens with zero attached hydrogens (tertiary/aromatic N) is 2. The van der Waals surface area contributed by atoms with Crippen molar-refractivity contribution in [2.45, 2.75) is 25.2 Å². The van der Waals surface area contributed by atoms with E-state index in [1.54, 1.807) is 43.5 Å². The molecule has 0 unspecified atom stereocenters. The Kier molecular flexibility index (Phi) is 9.68. The number of benzene rings is 2. The fourth-order valence-electron chi connectivity index (χ4n) is 3.85. The summed E-state index contributed by atoms with van der Waals surface area (Å²) in [5, 5.41) is 2.73. The zero-order valence-electron chi connectivity index (χ0n) is 20.9. The van der Waals surface area contributed by atoms with Gasteiger partial charge in [0, 0.05) is 26.2 Å². The van der Waals surface area contributed by atoms with Gasteiger partial charge < -0.3 is 24.4 Å². The topological polar surface area (TPSA) is 114 Å². The van der Waals surface area contributed by atoms with Gasteiger partial charge in [0.25, 0.3) is 5.91 Å². The normalized spacial score (nSPS) is 14.2. The standard InChI is InChI=1S/C25H33N3O7S/c1-4-27(5-2)23-11-10-21(36(31,32)28-12-14-34-15-13-28)17-22(23)26-24(29)18-35-25(30)16-19-6-8-20(33-3)9-7-19/h6-11,17H,4-5,12-16,18H2,1-3H3,(H,26,29). The average Bonchev–Trinajstić information content (AvgIpc) is 2.90. The van der Waals surface area contributed by atoms with Crippen molar-refractivity contribution in [3.8, 4) is 5.75 Å². The highest BCUT2D eigenvalue weighted by Crippen LogP contribution is 2.30. The van der Waals surface area contributed by atoms with E-state index in [1.165, 1.54) is 10.4 Å². The smallest absolute Gasteiger partial charge is 0.310 e. The number of rotatable bonds is 11. The van der Waals surface area contributed by atoms with E-state index in [9.17, 15) is 18.0 Å². The van der Waals surface area contributed by atoms with Gasteiger partial charge in [0.05, 0.1) is 43.0 Å². The molecule has 2 aromatic rings. The highest BCUT2D eigenvalue weighted by Gasteiger charge is 2.27. The van der Waals surface area contributed by atoms with Gasteiger partial charge in [-0.15, -0.1) is 0 Å². The van der Waals surface area contributed by atoms with E-state index in [-0.39, 0.29) is 24.4 Å². The second kappa shape index (κ2) is 12.7. The molecule has 1 aliphatic rings. The number of carbonyl (C=O) groups excluding carboxylic acids is 2. The Hall–Kier alpha value is -3.15. The van der Waals surface area contributed by atoms with Crippen molar-refractivity contribution >= 4 is 33.3 Å². The lowest BCUT2D eigenvalue weighted by Crippen LogP contribution is -2.40. The van der Waals surface area contributed by atoms with Crippen molar-refractivity contribution in [3.05, 3.63) is 48.0 Å². The largest absolute Gasteiger partial charge is 0.497 e. The molecule has 0 atom stereocenters. The van der Waals surface area contributed by atoms with Crippen LogP contribution in [0.15, 0.2) is 47.4 Å². The first kappa shape index (κ1) is 27.4. The second-order valence-electron chi connectivity index (χ2n) is 8.10. The minimum atomic E-state index is -3.75. The van der Waals surface area contributed by atoms with Gasteiger partial charge in [-0.05, 0) is 49.7 Å². The summed E-state index contributed by atoms with van der Waals surface area (Å²) < 4.78 is 43.2. The van der Waals surface area contributed by atoms with Crippen molar-refractivity contribution in [3.63, 3.8) is 0 Å². The van der Waals surface area contributed by atoms with E-state index in [0.29, 0.717) is 43.4 Å². The third-order valence-electron chi connectivity index (χ3n) is 5.83. The van der Waals surface area contributed by atoms with Gasteiger partial charge in [0.2, 0.25) is 10.0 Å². The summed E-state index contributed by atoms with van der Waals surface area (Å²) >= 11 is 0. The first-order valence-corrected chi connectivity index (χ1v) is 13.3. The maximum Gasteiger partial charge on any atom is 0.310 e. The zero-order chi connectivity index (χ0) is 26.1. The van der Waals surface area contributed by atoms with E-state index in [0.717, 1.165) is 5.56 Å². The number of nitrogens with one attached hydrogen (secondary N) is 1. The number of sulfonamides is 1. The van der Waals surface area contributed by atoms with Crippen LogP contribution >= 0.6 is 0 Å². The Morgan fingerprint density at radius 2 is 1.72 bits per heavy atom. The van der Waals surface area contributed by atoms with Gasteiger partial charge in [-0.1, -0.05) is 12.1 Å². The molecule has 0 aromatic heterocycles. The van der Waals surface area contributed by atoms with Crippen molar-refractivity contribution in [1.29, 1.82) is 0 Å². The summed E-state index contributed by atoms with van der Waals surface area (Å²) in [5.74, 6) is -0.441. The van der Waals surface area contributed by atoms with Gasteiger partial charge in [-0.3, -0.25) is 9.59 Å². The van der Waals surface area contributed by atoms with Gasteiger partial charge >= 0.3 is 5.97 Å². The monoisotopic (exact) mass is 519 g/mol. The van der Waals surface area contributed by atoms with Crippen molar-refractivity contribution in [2.75, 3.05) is 63.3 Å². The van der Waals surface area contributed by atoms with Crippen LogP contribution in [0.2, 0.25) is 0 Å². The first-order valence-electron chi connectivity index (χ1n) is 11.8. The summed E-state index contributed by atoms with van der Waals surface area (Å²) in [6.07, 6.45) is 0.00918. The Labute approximate surface area is 212 Å². The van der Waals surface area contributed by atoms with Crippen molar-refractivity contribution in [2.24, 2.45) is 0 Å². The Morgan fingerprint density at radius 1 is 1.06 bits per heavy atom. The maximum absolute atomic E-state index is 13.1. The molecule has 0 saturated carbocycles. The summed E-state index contributed by atoms with van der Waals surface area (Å²) in [6.45, 7) is 5.97. The molecule has 3 rings (SSSR count). The number of morpholine rings is 1. The Morgan fingerprint density at radius 3 is 2.33 bits per heavy atom. The molecule has 1 saturated heterocycles. The number of methoxy groups -OCH3 is 1. The molecular weight excluding hydrogens is 486 g/mol. The fraction of sp³-hybridized carbons (Fsp3) is 0.440. The van der Waals surface area contributed by atoms with Crippen LogP contribution in [0.5, 0.6) is 5.75 Å². The van der Waals surface area contributed by atoms with Gasteiger partial charge in [-0.2, -0.15) is 4.31 Å². The van der Waals surface area contributed by atoms with E-state index < -0.39 is 28.5 Å². The molecule has 0 radical (unpaired) electrons. The minimum absolute atomic E-state index is 0.00918. The van der Waals surface area contributed by atoms with Crippen LogP contribution in [0.3, 0.4) is 0 Å². The number of carbonyl (C=O) groups is 2. The molecule has 36 heavy (non-hydrogen) atoms. The summed E-state index contributed by atoms with van der Waals surface area (Å²) in [6, 6.07) is 11.7. The lowest BCUT2D eigenvalue weighted by molar-refractivity contribution is -0.146. The third kappa shape index (κ3) is 6.96. The number of amides is 1. The number of hydrogen-bond donors (Lipinski definition) is 1. The molecule has 0 spiro atoms. The predicted octanol–water partition coefficient (Wildman–Crippen LogP) is 2.29. The third-order valence-corrected chi connectivity index (χ3v) is 7.72. The van der Waals surface area contributed by atoms with Crippen molar-refractivity contribution < 1.29 is 32.2 Å². The second-order valence-corrected chi connectivity index (χ2v) is 10.0. The zero-order valence-corrected chi connectivity index (χ0v) is 21.7. The number of ether oxygens (including phenoxy) is 3. The molecule has 10 nitrogen and oxygen atoms in total. The summed E-state index contributed by atoms with van der Waals surface area (Å²) in [4.78, 5) is 27.0. The lowest BCUT2D eigenvalue weighted by atomic mass is 10.1. The van der Waals surface area contributed by atoms with Crippen LogP contribution in [-0.4, -0.2) is 77.7 Å². The van der Waals surface area contributed by atoms with Crippen molar-refractivity contribution in [1.82, 2.24) is 4.31 Å². The molecule has 0 aliphatic carbocycles. The van der Waals surface area contributed by atoms with Crippen LogP contribution in [0, 0.1) is 0 Å². The fourth-order valence-corrected chi connectivity index (χ4v) is 5.28. The molecule has 196 valence electrons. The average molecular weight is 520 g/mol. The van der Waals surface area contributed by atoms with Gasteiger partial charge in [-0.25, -0.2) is 8.42 Å². The molecular formula is C25H33N3O7S. The highest BCUT2D eigenvalue weighted by atomic mass is 32.2. The number of anilines is 2. The molecule has 1 N–H and O–H groups in total. The molecule has 1 aliphatic heterocycles. The lowest BCUT2D eigenvalue weighted by Gasteiger charge is -2.28. The highest BCUT2D eigenvalue weighted by molar-refractivity contribution is 7.89. The van der Waals surface area contributed by atoms with Gasteiger partial charge in [0.1, 0.15) is 5.75 Å². The van der Waals surface area contributed by atoms with Crippen LogP contribution in [0.25, 0.3) is 0 Å². The van der Waals surface area contributed by atoms with E-state index in [2.05, 4.69) is 5.32 Å². The molecule has 1 fully saturated rings. The Balaban J connectivity index is 1.71. The van der Waals surface area contributed by atoms with Crippen LogP contribution < -0.4 is 15.0 Å². The SMILES string of the molecule is CCN(CC)c1ccc(S(=O)(=O)N2CCOCC2)cc1NC(=O)COC(=O)Cc1ccc(OC)cc1. The van der Waals surface area contributed by atoms with Crippen LogP contribution in [0.4, 0.5) is 11.4 Å². The first-order chi connectivity index (χ1) is 17.3. The minimum Gasteiger partial charge on any atom is -0.497 e. The van der Waals surface area contributed by atoms with Gasteiger partial charge in [0.15, 0.2) is 6.61 Å². The molecule has 11 heteroatoms. The summed E-state index contributed by atoms with van der Waals surface area (Å²) in [7, 11) is -2.20. The summed E-state index contributed by atoms with van der Waals surface area (Å²) in [5.41, 5.74) is 1.74. The van der Waals surface area contributed by atoms with Crippen LogP contribution in [-0.2, 0) is 35.5 Å². The molecule has 1 amide bonds. The predicted molar refractivity (Wildman–Crippen MR) is 136 cm³/mol. The van der Waals surface area contributed by atoms with Crippen LogP contribution in [0.1, 0.15) is 19.4 Å². The van der Waals surface area contributed by atoms with E-state index >= 15 is 0 Å². The maximum atomic E-state index is 13.1. The van der Waals surface area contributed by atoms with E-state index in [1.807, 2.05) is 18.7 Å². The quantitative estimate of drug-likeness (QED) is 0.450. The van der Waals surface area contributed by atoms with E-state index in [4.69, 9.17) is 14.2 Å². The number of hydrogen-bond acceptors (Lipinski definition) is 8. The Bertz CT molecular complexity index is 1140.